The molecule has 1 aliphatic heterocycles. The average Bonchev–Trinajstić information content (AvgIpc) is 3.03. The maximum Gasteiger partial charge on any atom is 0.344 e. The van der Waals surface area contributed by atoms with Gasteiger partial charge in [0.05, 0.1) is 11.1 Å². The minimum absolute atomic E-state index is 0.0463. The Morgan fingerprint density at radius 2 is 2.13 bits per heavy atom. The van der Waals surface area contributed by atoms with Crippen molar-refractivity contribution >= 4 is 35.1 Å². The molecule has 0 aliphatic carbocycles. The van der Waals surface area contributed by atoms with Crippen LogP contribution >= 0.6 is 23.2 Å². The smallest absolute Gasteiger partial charge is 0.344 e. The van der Waals surface area contributed by atoms with Gasteiger partial charge in [-0.15, -0.1) is 0 Å². The van der Waals surface area contributed by atoms with Crippen LogP contribution in [0.5, 0.6) is 5.75 Å². The van der Waals surface area contributed by atoms with E-state index in [9.17, 15) is 9.59 Å². The number of halogens is 2. The van der Waals surface area contributed by atoms with Crippen molar-refractivity contribution in [1.29, 1.82) is 0 Å². The van der Waals surface area contributed by atoms with E-state index < -0.39 is 5.97 Å². The number of rotatable bonds is 7. The summed E-state index contributed by atoms with van der Waals surface area (Å²) in [6, 6.07) is 4.64. The first-order valence-electron chi connectivity index (χ1n) is 7.16. The van der Waals surface area contributed by atoms with E-state index in [4.69, 9.17) is 37.4 Å². The highest BCUT2D eigenvalue weighted by Crippen LogP contribution is 2.27. The SMILES string of the molecule is O=C(COC(=O)COc1ccc(Cl)cc1Cl)NC[C@@H]1CCCO1. The summed E-state index contributed by atoms with van der Waals surface area (Å²) in [6.07, 6.45) is 1.97. The van der Waals surface area contributed by atoms with Gasteiger partial charge in [-0.25, -0.2) is 4.79 Å². The standard InChI is InChI=1S/C15H17Cl2NO5/c16-10-3-4-13(12(17)6-10)22-9-15(20)23-8-14(19)18-7-11-2-1-5-21-11/h3-4,6,11H,1-2,5,7-9H2,(H,18,19)/t11-/m0/s1. The number of amides is 1. The van der Waals surface area contributed by atoms with Gasteiger partial charge in [0.1, 0.15) is 5.75 Å². The molecule has 126 valence electrons. The molecule has 1 fully saturated rings. The van der Waals surface area contributed by atoms with Crippen LogP contribution in [0, 0.1) is 0 Å². The van der Waals surface area contributed by atoms with Gasteiger partial charge in [0.25, 0.3) is 5.91 Å². The number of benzene rings is 1. The molecule has 1 N–H and O–H groups in total. The fourth-order valence-corrected chi connectivity index (χ4v) is 2.46. The maximum atomic E-state index is 11.5. The van der Waals surface area contributed by atoms with Gasteiger partial charge in [0.15, 0.2) is 13.2 Å². The minimum Gasteiger partial charge on any atom is -0.480 e. The second-order valence-electron chi connectivity index (χ2n) is 4.96. The number of carbonyl (C=O) groups is 2. The molecule has 1 aromatic rings. The van der Waals surface area contributed by atoms with E-state index in [1.54, 1.807) is 12.1 Å². The minimum atomic E-state index is -0.664. The molecule has 23 heavy (non-hydrogen) atoms. The molecule has 1 amide bonds. The molecule has 0 spiro atoms. The van der Waals surface area contributed by atoms with Crippen LogP contribution in [0.3, 0.4) is 0 Å². The average molecular weight is 362 g/mol. The molecule has 8 heteroatoms. The second-order valence-corrected chi connectivity index (χ2v) is 5.81. The zero-order chi connectivity index (χ0) is 16.7. The fraction of sp³-hybridized carbons (Fsp3) is 0.467. The van der Waals surface area contributed by atoms with Crippen LogP contribution in [-0.4, -0.2) is 44.3 Å². The van der Waals surface area contributed by atoms with Crippen molar-refractivity contribution < 1.29 is 23.8 Å². The zero-order valence-electron chi connectivity index (χ0n) is 12.3. The topological polar surface area (TPSA) is 73.9 Å². The van der Waals surface area contributed by atoms with Crippen LogP contribution in [0.15, 0.2) is 18.2 Å². The molecule has 0 bridgehead atoms. The molecule has 1 aliphatic rings. The first-order chi connectivity index (χ1) is 11.0. The summed E-state index contributed by atoms with van der Waals surface area (Å²) in [5.74, 6) is -0.725. The molecule has 1 heterocycles. The van der Waals surface area contributed by atoms with E-state index in [-0.39, 0.29) is 25.2 Å². The van der Waals surface area contributed by atoms with E-state index >= 15 is 0 Å². The molecule has 0 radical (unpaired) electrons. The van der Waals surface area contributed by atoms with Gasteiger partial charge in [-0.1, -0.05) is 23.2 Å². The first-order valence-corrected chi connectivity index (χ1v) is 7.92. The van der Waals surface area contributed by atoms with Gasteiger partial charge in [-0.3, -0.25) is 4.79 Å². The van der Waals surface area contributed by atoms with Crippen molar-refractivity contribution in [3.05, 3.63) is 28.2 Å². The molecule has 0 saturated carbocycles. The monoisotopic (exact) mass is 361 g/mol. The Balaban J connectivity index is 1.63. The van der Waals surface area contributed by atoms with Crippen LogP contribution in [0.4, 0.5) is 0 Å². The summed E-state index contributed by atoms with van der Waals surface area (Å²) in [5, 5.41) is 3.41. The Kier molecular flexibility index (Phi) is 6.95. The molecule has 1 aromatic carbocycles. The second kappa shape index (κ2) is 8.96. The lowest BCUT2D eigenvalue weighted by Crippen LogP contribution is -2.35. The quantitative estimate of drug-likeness (QED) is 0.753. The van der Waals surface area contributed by atoms with Crippen LogP contribution in [-0.2, 0) is 19.1 Å². The summed E-state index contributed by atoms with van der Waals surface area (Å²) >= 11 is 11.7. The highest BCUT2D eigenvalue weighted by Gasteiger charge is 2.16. The highest BCUT2D eigenvalue weighted by atomic mass is 35.5. The van der Waals surface area contributed by atoms with Crippen LogP contribution < -0.4 is 10.1 Å². The van der Waals surface area contributed by atoms with Crippen molar-refractivity contribution in [3.8, 4) is 5.75 Å². The number of hydrogen-bond acceptors (Lipinski definition) is 5. The Morgan fingerprint density at radius 1 is 1.30 bits per heavy atom. The zero-order valence-corrected chi connectivity index (χ0v) is 13.9. The normalized spacial score (nSPS) is 16.9. The Bertz CT molecular complexity index is 561. The third-order valence-electron chi connectivity index (χ3n) is 3.15. The number of hydrogen-bond donors (Lipinski definition) is 1. The van der Waals surface area contributed by atoms with Crippen LogP contribution in [0.2, 0.25) is 10.0 Å². The summed E-state index contributed by atoms with van der Waals surface area (Å²) in [6.45, 7) is 0.441. The van der Waals surface area contributed by atoms with Gasteiger partial charge in [-0.05, 0) is 31.0 Å². The molecule has 6 nitrogen and oxygen atoms in total. The maximum absolute atomic E-state index is 11.5. The van der Waals surface area contributed by atoms with Crippen molar-refractivity contribution in [2.45, 2.75) is 18.9 Å². The third-order valence-corrected chi connectivity index (χ3v) is 3.69. The van der Waals surface area contributed by atoms with E-state index in [1.807, 2.05) is 0 Å². The highest BCUT2D eigenvalue weighted by molar-refractivity contribution is 6.35. The molecule has 1 atom stereocenters. The first kappa shape index (κ1) is 17.8. The third kappa shape index (κ3) is 6.25. The molecular formula is C15H17Cl2NO5. The van der Waals surface area contributed by atoms with Gasteiger partial charge in [0, 0.05) is 18.2 Å². The lowest BCUT2D eigenvalue weighted by Gasteiger charge is -2.11. The van der Waals surface area contributed by atoms with Crippen molar-refractivity contribution in [3.63, 3.8) is 0 Å². The van der Waals surface area contributed by atoms with E-state index in [2.05, 4.69) is 5.32 Å². The van der Waals surface area contributed by atoms with Crippen molar-refractivity contribution in [2.24, 2.45) is 0 Å². The Labute approximate surface area is 144 Å². The fourth-order valence-electron chi connectivity index (χ4n) is 2.00. The number of ether oxygens (including phenoxy) is 3. The Hall–Kier alpha value is -1.50. The summed E-state index contributed by atoms with van der Waals surface area (Å²) in [7, 11) is 0. The predicted octanol–water partition coefficient (Wildman–Crippen LogP) is 2.21. The number of esters is 1. The molecular weight excluding hydrogens is 345 g/mol. The summed E-state index contributed by atoms with van der Waals surface area (Å²) in [4.78, 5) is 23.1. The number of carbonyl (C=O) groups excluding carboxylic acids is 2. The molecule has 0 aromatic heterocycles. The van der Waals surface area contributed by atoms with Crippen molar-refractivity contribution in [2.75, 3.05) is 26.4 Å². The lowest BCUT2D eigenvalue weighted by molar-refractivity contribution is -0.150. The molecule has 2 rings (SSSR count). The van der Waals surface area contributed by atoms with Gasteiger partial charge in [0.2, 0.25) is 0 Å². The van der Waals surface area contributed by atoms with Crippen LogP contribution in [0.25, 0.3) is 0 Å². The Morgan fingerprint density at radius 3 is 2.83 bits per heavy atom. The van der Waals surface area contributed by atoms with Gasteiger partial charge in [-0.2, -0.15) is 0 Å². The lowest BCUT2D eigenvalue weighted by atomic mass is 10.2. The number of nitrogens with one attached hydrogen (secondary N) is 1. The van der Waals surface area contributed by atoms with Gasteiger partial charge < -0.3 is 19.5 Å². The summed E-state index contributed by atoms with van der Waals surface area (Å²) in [5.41, 5.74) is 0. The van der Waals surface area contributed by atoms with E-state index in [0.717, 1.165) is 19.4 Å². The predicted molar refractivity (Wildman–Crippen MR) is 84.9 cm³/mol. The van der Waals surface area contributed by atoms with E-state index in [1.165, 1.54) is 6.07 Å². The van der Waals surface area contributed by atoms with Gasteiger partial charge >= 0.3 is 5.97 Å². The molecule has 0 unspecified atom stereocenters. The summed E-state index contributed by atoms with van der Waals surface area (Å²) < 4.78 is 15.4. The van der Waals surface area contributed by atoms with E-state index in [0.29, 0.717) is 22.3 Å². The largest absolute Gasteiger partial charge is 0.480 e. The van der Waals surface area contributed by atoms with Crippen LogP contribution in [0.1, 0.15) is 12.8 Å². The molecule has 1 saturated heterocycles. The van der Waals surface area contributed by atoms with Crippen molar-refractivity contribution in [1.82, 2.24) is 5.32 Å².